The Morgan fingerprint density at radius 2 is 1.74 bits per heavy atom. The third-order valence-corrected chi connectivity index (χ3v) is 3.74. The number of alkyl halides is 3. The van der Waals surface area contributed by atoms with Crippen LogP contribution in [0, 0.1) is 0 Å². The zero-order chi connectivity index (χ0) is 14.7. The third-order valence-electron chi connectivity index (χ3n) is 2.02. The molecular weight excluding hydrogens is 279 g/mol. The average molecular weight is 295 g/mol. The van der Waals surface area contributed by atoms with E-state index in [1.165, 1.54) is 24.3 Å². The van der Waals surface area contributed by atoms with E-state index in [1.54, 1.807) is 13.8 Å². The number of benzene rings is 1. The van der Waals surface area contributed by atoms with E-state index in [0.717, 1.165) is 0 Å². The van der Waals surface area contributed by atoms with E-state index in [2.05, 4.69) is 4.74 Å². The fraction of sp³-hybridized carbons (Fsp3) is 0.500. The standard InChI is InChI=1S/C12H16F3NO2S/c1-11(2,16)8-19(17)7-9-3-5-10(6-4-9)18-12(13,14)15/h3-6H,7-8,16H2,1-2H3. The molecular formula is C12H16F3NO2S. The lowest BCUT2D eigenvalue weighted by atomic mass is 10.1. The Hall–Kier alpha value is -1.08. The highest BCUT2D eigenvalue weighted by molar-refractivity contribution is 7.84. The molecule has 0 aromatic heterocycles. The van der Waals surface area contributed by atoms with Gasteiger partial charge < -0.3 is 10.5 Å². The van der Waals surface area contributed by atoms with Gasteiger partial charge in [0.15, 0.2) is 0 Å². The van der Waals surface area contributed by atoms with E-state index in [0.29, 0.717) is 11.3 Å². The molecule has 1 rings (SSSR count). The first-order chi connectivity index (χ1) is 8.55. The summed E-state index contributed by atoms with van der Waals surface area (Å²) in [4.78, 5) is 0. The molecule has 0 bridgehead atoms. The number of halogens is 3. The molecule has 1 aromatic carbocycles. The van der Waals surface area contributed by atoms with Crippen molar-refractivity contribution in [3.8, 4) is 5.75 Å². The monoisotopic (exact) mass is 295 g/mol. The topological polar surface area (TPSA) is 52.3 Å². The van der Waals surface area contributed by atoms with Gasteiger partial charge in [-0.25, -0.2) is 0 Å². The molecule has 0 amide bonds. The van der Waals surface area contributed by atoms with Crippen LogP contribution < -0.4 is 10.5 Å². The molecule has 0 fully saturated rings. The van der Waals surface area contributed by atoms with Crippen LogP contribution in [0.15, 0.2) is 24.3 Å². The predicted molar refractivity (Wildman–Crippen MR) is 68.1 cm³/mol. The Labute approximate surface area is 112 Å². The van der Waals surface area contributed by atoms with Crippen molar-refractivity contribution in [2.24, 2.45) is 5.73 Å². The zero-order valence-corrected chi connectivity index (χ0v) is 11.5. The van der Waals surface area contributed by atoms with Gasteiger partial charge in [-0.2, -0.15) is 0 Å². The normalized spacial score (nSPS) is 14.2. The lowest BCUT2D eigenvalue weighted by Crippen LogP contribution is -2.38. The summed E-state index contributed by atoms with van der Waals surface area (Å²) in [5.41, 5.74) is 5.89. The molecule has 3 nitrogen and oxygen atoms in total. The summed E-state index contributed by atoms with van der Waals surface area (Å²) in [7, 11) is -1.15. The highest BCUT2D eigenvalue weighted by Gasteiger charge is 2.30. The van der Waals surface area contributed by atoms with Crippen LogP contribution in [0.2, 0.25) is 0 Å². The summed E-state index contributed by atoms with van der Waals surface area (Å²) in [6.07, 6.45) is -4.70. The van der Waals surface area contributed by atoms with Gasteiger partial charge in [-0.15, -0.1) is 13.2 Å². The first-order valence-corrected chi connectivity index (χ1v) is 7.02. The van der Waals surface area contributed by atoms with Gasteiger partial charge in [0.25, 0.3) is 0 Å². The molecule has 1 unspecified atom stereocenters. The highest BCUT2D eigenvalue weighted by atomic mass is 32.2. The predicted octanol–water partition coefficient (Wildman–Crippen LogP) is 2.57. The molecule has 108 valence electrons. The van der Waals surface area contributed by atoms with Crippen molar-refractivity contribution in [3.05, 3.63) is 29.8 Å². The Kier molecular flexibility index (Phi) is 4.98. The summed E-state index contributed by atoms with van der Waals surface area (Å²) >= 11 is 0. The Balaban J connectivity index is 2.60. The molecule has 0 saturated heterocycles. The van der Waals surface area contributed by atoms with Crippen molar-refractivity contribution >= 4 is 10.8 Å². The third kappa shape index (κ3) is 7.17. The minimum Gasteiger partial charge on any atom is -0.406 e. The average Bonchev–Trinajstić information content (AvgIpc) is 2.15. The van der Waals surface area contributed by atoms with Crippen LogP contribution in [0.25, 0.3) is 0 Å². The van der Waals surface area contributed by atoms with Gasteiger partial charge >= 0.3 is 6.36 Å². The fourth-order valence-electron chi connectivity index (χ4n) is 1.44. The van der Waals surface area contributed by atoms with Gasteiger partial charge in [-0.3, -0.25) is 4.21 Å². The molecule has 2 N–H and O–H groups in total. The maximum Gasteiger partial charge on any atom is 0.573 e. The van der Waals surface area contributed by atoms with Crippen LogP contribution in [-0.2, 0) is 16.6 Å². The van der Waals surface area contributed by atoms with Gasteiger partial charge in [0.1, 0.15) is 5.75 Å². The maximum atomic E-state index is 12.0. The van der Waals surface area contributed by atoms with E-state index in [9.17, 15) is 17.4 Å². The molecule has 1 atom stereocenters. The van der Waals surface area contributed by atoms with Gasteiger partial charge in [-0.05, 0) is 31.5 Å². The Bertz CT molecular complexity index is 438. The molecule has 19 heavy (non-hydrogen) atoms. The summed E-state index contributed by atoms with van der Waals surface area (Å²) in [5, 5.41) is 0. The Morgan fingerprint density at radius 1 is 1.21 bits per heavy atom. The van der Waals surface area contributed by atoms with Gasteiger partial charge in [0, 0.05) is 27.8 Å². The number of rotatable bonds is 5. The molecule has 0 aliphatic heterocycles. The minimum absolute atomic E-state index is 0.257. The second kappa shape index (κ2) is 5.92. The first kappa shape index (κ1) is 16.0. The maximum absolute atomic E-state index is 12.0. The van der Waals surface area contributed by atoms with Gasteiger partial charge in [0.2, 0.25) is 0 Å². The van der Waals surface area contributed by atoms with Crippen LogP contribution >= 0.6 is 0 Å². The van der Waals surface area contributed by atoms with E-state index >= 15 is 0 Å². The molecule has 1 aromatic rings. The number of nitrogens with two attached hydrogens (primary N) is 1. The summed E-state index contributed by atoms with van der Waals surface area (Å²) < 4.78 is 51.4. The summed E-state index contributed by atoms with van der Waals surface area (Å²) in [6.45, 7) is 3.54. The molecule has 7 heteroatoms. The number of hydrogen-bond donors (Lipinski definition) is 1. The second-order valence-electron chi connectivity index (χ2n) is 4.91. The summed E-state index contributed by atoms with van der Waals surface area (Å²) in [6, 6.07) is 5.33. The van der Waals surface area contributed by atoms with E-state index in [1.807, 2.05) is 0 Å². The van der Waals surface area contributed by atoms with Crippen molar-refractivity contribution in [1.29, 1.82) is 0 Å². The van der Waals surface area contributed by atoms with E-state index < -0.39 is 22.7 Å². The number of hydrogen-bond acceptors (Lipinski definition) is 3. The quantitative estimate of drug-likeness (QED) is 0.908. The fourth-order valence-corrected chi connectivity index (χ4v) is 2.94. The molecule has 0 aliphatic rings. The largest absolute Gasteiger partial charge is 0.573 e. The van der Waals surface area contributed by atoms with E-state index in [-0.39, 0.29) is 11.5 Å². The van der Waals surface area contributed by atoms with Crippen LogP contribution in [0.4, 0.5) is 13.2 Å². The first-order valence-electron chi connectivity index (χ1n) is 5.54. The smallest absolute Gasteiger partial charge is 0.406 e. The molecule has 0 spiro atoms. The Morgan fingerprint density at radius 3 is 2.16 bits per heavy atom. The zero-order valence-electron chi connectivity index (χ0n) is 10.7. The van der Waals surface area contributed by atoms with Gasteiger partial charge in [0.05, 0.1) is 0 Å². The molecule has 0 saturated carbocycles. The molecule has 0 aliphatic carbocycles. The lowest BCUT2D eigenvalue weighted by Gasteiger charge is -2.17. The van der Waals surface area contributed by atoms with Gasteiger partial charge in [-0.1, -0.05) is 12.1 Å². The van der Waals surface area contributed by atoms with Crippen molar-refractivity contribution in [3.63, 3.8) is 0 Å². The van der Waals surface area contributed by atoms with Crippen LogP contribution in [0.5, 0.6) is 5.75 Å². The SMILES string of the molecule is CC(C)(N)CS(=O)Cc1ccc(OC(F)(F)F)cc1. The van der Waals surface area contributed by atoms with Crippen LogP contribution in [-0.4, -0.2) is 21.9 Å². The molecule has 0 heterocycles. The second-order valence-corrected chi connectivity index (χ2v) is 6.37. The summed E-state index contributed by atoms with van der Waals surface area (Å²) in [5.74, 6) is 0.293. The minimum atomic E-state index is -4.70. The number of ether oxygens (including phenoxy) is 1. The van der Waals surface area contributed by atoms with Crippen molar-refractivity contribution in [1.82, 2.24) is 0 Å². The van der Waals surface area contributed by atoms with Crippen molar-refractivity contribution in [2.45, 2.75) is 31.5 Å². The lowest BCUT2D eigenvalue weighted by molar-refractivity contribution is -0.274. The molecule has 0 radical (unpaired) electrons. The van der Waals surface area contributed by atoms with Crippen LogP contribution in [0.1, 0.15) is 19.4 Å². The van der Waals surface area contributed by atoms with Crippen molar-refractivity contribution < 1.29 is 22.1 Å². The van der Waals surface area contributed by atoms with Crippen LogP contribution in [0.3, 0.4) is 0 Å². The van der Waals surface area contributed by atoms with E-state index in [4.69, 9.17) is 5.73 Å². The highest BCUT2D eigenvalue weighted by Crippen LogP contribution is 2.23. The van der Waals surface area contributed by atoms with Crippen molar-refractivity contribution in [2.75, 3.05) is 5.75 Å².